The number of H-pyrrole nitrogens is 1. The fourth-order valence-corrected chi connectivity index (χ4v) is 4.46. The van der Waals surface area contributed by atoms with E-state index in [1.54, 1.807) is 12.1 Å². The number of methoxy groups -OCH3 is 1. The minimum absolute atomic E-state index is 0.0139. The van der Waals surface area contributed by atoms with Gasteiger partial charge in [0.1, 0.15) is 5.69 Å². The van der Waals surface area contributed by atoms with E-state index in [1.165, 1.54) is 30.6 Å². The van der Waals surface area contributed by atoms with Crippen LogP contribution in [0, 0.1) is 0 Å². The van der Waals surface area contributed by atoms with Gasteiger partial charge in [-0.25, -0.2) is 18.4 Å². The lowest BCUT2D eigenvalue weighted by molar-refractivity contribution is 0.0596. The number of rotatable bonds is 3. The Hall–Kier alpha value is -1.68. The molecule has 23 heavy (non-hydrogen) atoms. The number of hydrogen-bond acceptors (Lipinski definition) is 5. The second-order valence-electron chi connectivity index (χ2n) is 4.72. The molecule has 3 aromatic rings. The summed E-state index contributed by atoms with van der Waals surface area (Å²) in [5, 5.41) is 7.01. The number of carbonyl (C=O) groups excluding carboxylic acids is 1. The summed E-state index contributed by atoms with van der Waals surface area (Å²) >= 11 is 4.89. The predicted molar refractivity (Wildman–Crippen MR) is 92.0 cm³/mol. The normalized spacial score (nSPS) is 11.8. The van der Waals surface area contributed by atoms with E-state index in [9.17, 15) is 13.2 Å². The number of primary sulfonamides is 1. The molecule has 9 heteroatoms. The van der Waals surface area contributed by atoms with E-state index < -0.39 is 16.0 Å². The molecule has 120 valence electrons. The van der Waals surface area contributed by atoms with Crippen LogP contribution in [-0.4, -0.2) is 26.5 Å². The van der Waals surface area contributed by atoms with Crippen LogP contribution in [0.4, 0.5) is 0 Å². The van der Waals surface area contributed by atoms with Gasteiger partial charge < -0.3 is 9.72 Å². The van der Waals surface area contributed by atoms with Crippen molar-refractivity contribution in [2.45, 2.75) is 4.90 Å². The number of halogens is 1. The summed E-state index contributed by atoms with van der Waals surface area (Å²) in [4.78, 5) is 15.1. The van der Waals surface area contributed by atoms with Crippen LogP contribution in [0.25, 0.3) is 21.3 Å². The summed E-state index contributed by atoms with van der Waals surface area (Å²) in [6.45, 7) is 0. The van der Waals surface area contributed by atoms with Gasteiger partial charge in [0.2, 0.25) is 10.0 Å². The fourth-order valence-electron chi connectivity index (χ4n) is 2.28. The highest BCUT2D eigenvalue weighted by atomic mass is 79.9. The Balaban J connectivity index is 2.24. The Morgan fingerprint density at radius 2 is 1.96 bits per heavy atom. The van der Waals surface area contributed by atoms with Crippen molar-refractivity contribution in [3.05, 3.63) is 39.8 Å². The zero-order valence-electron chi connectivity index (χ0n) is 11.8. The number of fused-ring (bicyclic) bond motifs is 1. The quantitative estimate of drug-likeness (QED) is 0.642. The average molecular weight is 415 g/mol. The monoisotopic (exact) mass is 414 g/mol. The number of aromatic nitrogens is 1. The third-order valence-corrected chi connectivity index (χ3v) is 6.19. The fraction of sp³-hybridized carbons (Fsp3) is 0.0714. The maximum atomic E-state index is 12.0. The van der Waals surface area contributed by atoms with E-state index in [1.807, 2.05) is 5.38 Å². The van der Waals surface area contributed by atoms with Crippen LogP contribution >= 0.6 is 27.3 Å². The number of hydrogen-bond donors (Lipinski definition) is 2. The number of aromatic amines is 1. The minimum atomic E-state index is -3.76. The van der Waals surface area contributed by atoms with Gasteiger partial charge in [-0.05, 0) is 33.6 Å². The summed E-state index contributed by atoms with van der Waals surface area (Å²) in [6, 6.07) is 6.05. The number of thiophene rings is 1. The molecular weight excluding hydrogens is 404 g/mol. The van der Waals surface area contributed by atoms with Gasteiger partial charge in [-0.2, -0.15) is 0 Å². The summed E-state index contributed by atoms with van der Waals surface area (Å²) in [5.74, 6) is -0.495. The van der Waals surface area contributed by atoms with Crippen LogP contribution in [0.3, 0.4) is 0 Å². The maximum Gasteiger partial charge on any atom is 0.355 e. The molecule has 6 nitrogen and oxygen atoms in total. The molecule has 0 unspecified atom stereocenters. The maximum absolute atomic E-state index is 12.0. The van der Waals surface area contributed by atoms with Gasteiger partial charge in [-0.1, -0.05) is 12.1 Å². The van der Waals surface area contributed by atoms with Crippen molar-refractivity contribution in [3.8, 4) is 11.1 Å². The van der Waals surface area contributed by atoms with Crippen molar-refractivity contribution in [1.82, 2.24) is 4.98 Å². The van der Waals surface area contributed by atoms with Crippen molar-refractivity contribution < 1.29 is 17.9 Å². The molecule has 0 atom stereocenters. The van der Waals surface area contributed by atoms with Crippen molar-refractivity contribution >= 4 is 53.5 Å². The molecule has 0 aliphatic heterocycles. The molecule has 0 radical (unpaired) electrons. The zero-order valence-corrected chi connectivity index (χ0v) is 15.0. The first-order chi connectivity index (χ1) is 10.8. The van der Waals surface area contributed by atoms with E-state index in [0.717, 1.165) is 14.7 Å². The average Bonchev–Trinajstić information content (AvgIpc) is 3.06. The molecule has 0 spiro atoms. The largest absolute Gasteiger partial charge is 0.464 e. The first-order valence-corrected chi connectivity index (χ1v) is 9.55. The first kappa shape index (κ1) is 16.2. The molecule has 0 aliphatic carbocycles. The van der Waals surface area contributed by atoms with E-state index in [2.05, 4.69) is 20.9 Å². The topological polar surface area (TPSA) is 102 Å². The van der Waals surface area contributed by atoms with Gasteiger partial charge in [-0.15, -0.1) is 11.3 Å². The molecule has 2 aromatic heterocycles. The van der Waals surface area contributed by atoms with Crippen LogP contribution in [0.15, 0.2) is 39.0 Å². The molecule has 0 fully saturated rings. The summed E-state index contributed by atoms with van der Waals surface area (Å²) in [7, 11) is -2.46. The van der Waals surface area contributed by atoms with Gasteiger partial charge in [0.05, 0.1) is 26.7 Å². The van der Waals surface area contributed by atoms with Crippen molar-refractivity contribution in [1.29, 1.82) is 0 Å². The second-order valence-corrected chi connectivity index (χ2v) is 8.02. The molecule has 0 aliphatic rings. The van der Waals surface area contributed by atoms with Gasteiger partial charge in [-0.3, -0.25) is 0 Å². The number of nitrogens with one attached hydrogen (secondary N) is 1. The van der Waals surface area contributed by atoms with E-state index >= 15 is 0 Å². The molecule has 0 amide bonds. The first-order valence-electron chi connectivity index (χ1n) is 6.33. The van der Waals surface area contributed by atoms with Gasteiger partial charge in [0, 0.05) is 10.9 Å². The van der Waals surface area contributed by atoms with Crippen LogP contribution in [0.1, 0.15) is 10.5 Å². The molecule has 3 N–H and O–H groups in total. The molecule has 0 saturated heterocycles. The molecule has 1 aromatic carbocycles. The second kappa shape index (κ2) is 5.75. The molecular formula is C14H11BrN2O4S2. The third kappa shape index (κ3) is 2.80. The number of ether oxygens (including phenoxy) is 1. The van der Waals surface area contributed by atoms with Crippen LogP contribution in [0.5, 0.6) is 0 Å². The standard InChI is InChI=1S/C14H11BrN2O4S2/c1-21-14(18)12-10(13-11(17-12)9(15)6-22-13)7-2-4-8(5-3-7)23(16,19)20/h2-6,17H,1H3,(H2,16,19,20). The summed E-state index contributed by atoms with van der Waals surface area (Å²) in [5.41, 5.74) is 2.47. The predicted octanol–water partition coefficient (Wildman–Crippen LogP) is 3.09. The molecule has 0 saturated carbocycles. The van der Waals surface area contributed by atoms with Crippen molar-refractivity contribution in [2.24, 2.45) is 5.14 Å². The van der Waals surface area contributed by atoms with E-state index in [4.69, 9.17) is 9.88 Å². The minimum Gasteiger partial charge on any atom is -0.464 e. The Labute approximate surface area is 144 Å². The van der Waals surface area contributed by atoms with Crippen LogP contribution in [-0.2, 0) is 14.8 Å². The number of esters is 1. The molecule has 3 rings (SSSR count). The smallest absolute Gasteiger partial charge is 0.355 e. The highest BCUT2D eigenvalue weighted by molar-refractivity contribution is 9.10. The number of sulfonamides is 1. The van der Waals surface area contributed by atoms with Crippen molar-refractivity contribution in [2.75, 3.05) is 7.11 Å². The van der Waals surface area contributed by atoms with Gasteiger partial charge in [0.25, 0.3) is 0 Å². The lowest BCUT2D eigenvalue weighted by atomic mass is 10.1. The van der Waals surface area contributed by atoms with Crippen LogP contribution < -0.4 is 5.14 Å². The lowest BCUT2D eigenvalue weighted by Crippen LogP contribution is -2.11. The molecule has 0 bridgehead atoms. The number of carbonyl (C=O) groups is 1. The third-order valence-electron chi connectivity index (χ3n) is 3.33. The number of nitrogens with two attached hydrogens (primary N) is 1. The highest BCUT2D eigenvalue weighted by Gasteiger charge is 2.22. The van der Waals surface area contributed by atoms with Crippen LogP contribution in [0.2, 0.25) is 0 Å². The van der Waals surface area contributed by atoms with Gasteiger partial charge >= 0.3 is 5.97 Å². The van der Waals surface area contributed by atoms with Gasteiger partial charge in [0.15, 0.2) is 0 Å². The highest BCUT2D eigenvalue weighted by Crippen LogP contribution is 2.40. The number of benzene rings is 1. The SMILES string of the molecule is COC(=O)c1[nH]c2c(Br)csc2c1-c1ccc(S(N)(=O)=O)cc1. The Kier molecular flexibility index (Phi) is 4.05. The Morgan fingerprint density at radius 3 is 2.52 bits per heavy atom. The Bertz CT molecular complexity index is 1000. The van der Waals surface area contributed by atoms with E-state index in [-0.39, 0.29) is 4.90 Å². The molecule has 2 heterocycles. The zero-order chi connectivity index (χ0) is 16.8. The summed E-state index contributed by atoms with van der Waals surface area (Å²) < 4.78 is 29.3. The lowest BCUT2D eigenvalue weighted by Gasteiger charge is -2.04. The van der Waals surface area contributed by atoms with E-state index in [0.29, 0.717) is 16.8 Å². The summed E-state index contributed by atoms with van der Waals surface area (Å²) in [6.07, 6.45) is 0. The Morgan fingerprint density at radius 1 is 1.30 bits per heavy atom. The van der Waals surface area contributed by atoms with Crippen molar-refractivity contribution in [3.63, 3.8) is 0 Å².